The number of carbonyl (C=O) groups is 1. The number of nitrogens with zero attached hydrogens (tertiary/aromatic N) is 3. The molecule has 0 unspecified atom stereocenters. The summed E-state index contributed by atoms with van der Waals surface area (Å²) in [5.41, 5.74) is 1.14. The van der Waals surface area contributed by atoms with Gasteiger partial charge in [0.05, 0.1) is 0 Å². The summed E-state index contributed by atoms with van der Waals surface area (Å²) in [5, 5.41) is 7.11. The van der Waals surface area contributed by atoms with Crippen LogP contribution in [0.1, 0.15) is 44.6 Å². The van der Waals surface area contributed by atoms with Crippen molar-refractivity contribution in [3.63, 3.8) is 0 Å². The highest BCUT2D eigenvalue weighted by Gasteiger charge is 2.15. The van der Waals surface area contributed by atoms with Crippen LogP contribution >= 0.6 is 35.6 Å². The number of amides is 1. The highest BCUT2D eigenvalue weighted by molar-refractivity contribution is 14.0. The Morgan fingerprint density at radius 1 is 1.30 bits per heavy atom. The monoisotopic (exact) mass is 507 g/mol. The Bertz CT molecular complexity index is 582. The zero-order chi connectivity index (χ0) is 18.6. The van der Waals surface area contributed by atoms with Crippen LogP contribution in [-0.4, -0.2) is 54.5 Å². The molecule has 1 amide bonds. The zero-order valence-electron chi connectivity index (χ0n) is 16.0. The number of hydrogen-bond acceptors (Lipinski definition) is 3. The molecule has 0 bridgehead atoms. The lowest BCUT2D eigenvalue weighted by Crippen LogP contribution is -2.38. The maximum absolute atomic E-state index is 12.0. The van der Waals surface area contributed by atoms with Crippen LogP contribution in [0.4, 0.5) is 0 Å². The maximum atomic E-state index is 12.0. The Kier molecular flexibility index (Phi) is 12.4. The molecule has 1 fully saturated rings. The normalized spacial score (nSPS) is 15.1. The average molecular weight is 508 g/mol. The lowest BCUT2D eigenvalue weighted by molar-refractivity contribution is -0.130. The molecule has 2 N–H and O–H groups in total. The van der Waals surface area contributed by atoms with Crippen LogP contribution in [0.3, 0.4) is 0 Å². The number of hydrogen-bond donors (Lipinski definition) is 2. The van der Waals surface area contributed by atoms with Gasteiger partial charge in [0, 0.05) is 45.3 Å². The van der Waals surface area contributed by atoms with E-state index in [1.54, 1.807) is 12.3 Å². The molecule has 0 radical (unpaired) electrons. The molecule has 2 heterocycles. The molecule has 0 saturated carbocycles. The predicted molar refractivity (Wildman–Crippen MR) is 122 cm³/mol. The summed E-state index contributed by atoms with van der Waals surface area (Å²) >= 11 is 5.80. The van der Waals surface area contributed by atoms with Crippen LogP contribution in [0.15, 0.2) is 23.3 Å². The van der Waals surface area contributed by atoms with Gasteiger partial charge in [-0.1, -0.05) is 24.1 Å². The number of halogens is 2. The first-order chi connectivity index (χ1) is 12.7. The van der Waals surface area contributed by atoms with Crippen molar-refractivity contribution < 1.29 is 4.79 Å². The van der Waals surface area contributed by atoms with Gasteiger partial charge in [-0.15, -0.1) is 24.0 Å². The van der Waals surface area contributed by atoms with Crippen molar-refractivity contribution in [2.45, 2.75) is 45.4 Å². The number of likely N-dealkylation sites (tertiary alicyclic amines) is 1. The molecule has 1 aromatic rings. The molecule has 1 saturated heterocycles. The molecule has 27 heavy (non-hydrogen) atoms. The Morgan fingerprint density at radius 2 is 2.15 bits per heavy atom. The van der Waals surface area contributed by atoms with Gasteiger partial charge in [-0.05, 0) is 44.2 Å². The first-order valence-electron chi connectivity index (χ1n) is 9.59. The summed E-state index contributed by atoms with van der Waals surface area (Å²) in [7, 11) is 0. The second-order valence-corrected chi connectivity index (χ2v) is 6.86. The molecular weight excluding hydrogens is 477 g/mol. The third-order valence-electron chi connectivity index (χ3n) is 4.37. The Balaban J connectivity index is 0.00000364. The summed E-state index contributed by atoms with van der Waals surface area (Å²) in [6.07, 6.45) is 7.57. The van der Waals surface area contributed by atoms with Gasteiger partial charge >= 0.3 is 0 Å². The first kappa shape index (κ1) is 23.9. The van der Waals surface area contributed by atoms with Crippen molar-refractivity contribution in [2.24, 2.45) is 4.99 Å². The Morgan fingerprint density at radius 3 is 2.89 bits per heavy atom. The largest absolute Gasteiger partial charge is 0.357 e. The van der Waals surface area contributed by atoms with Gasteiger partial charge in [0.1, 0.15) is 5.15 Å². The number of nitrogens with one attached hydrogen (secondary N) is 2. The summed E-state index contributed by atoms with van der Waals surface area (Å²) in [5.74, 6) is 1.12. The van der Waals surface area contributed by atoms with Crippen LogP contribution in [0.25, 0.3) is 0 Å². The molecular formula is C19H31ClIN5O. The van der Waals surface area contributed by atoms with E-state index in [2.05, 4.69) is 27.5 Å². The highest BCUT2D eigenvalue weighted by Crippen LogP contribution is 2.11. The second kappa shape index (κ2) is 14.0. The molecule has 1 aliphatic heterocycles. The third-order valence-corrected chi connectivity index (χ3v) is 4.59. The van der Waals surface area contributed by atoms with Crippen molar-refractivity contribution in [3.8, 4) is 0 Å². The van der Waals surface area contributed by atoms with E-state index in [0.717, 1.165) is 69.8 Å². The molecule has 6 nitrogen and oxygen atoms in total. The fraction of sp³-hybridized carbons (Fsp3) is 0.632. The summed E-state index contributed by atoms with van der Waals surface area (Å²) in [4.78, 5) is 22.7. The molecule has 0 aromatic carbocycles. The van der Waals surface area contributed by atoms with E-state index >= 15 is 0 Å². The van der Waals surface area contributed by atoms with Gasteiger partial charge in [-0.25, -0.2) is 4.98 Å². The van der Waals surface area contributed by atoms with Crippen molar-refractivity contribution in [3.05, 3.63) is 29.0 Å². The minimum Gasteiger partial charge on any atom is -0.357 e. The van der Waals surface area contributed by atoms with Crippen molar-refractivity contribution in [2.75, 3.05) is 32.7 Å². The topological polar surface area (TPSA) is 69.6 Å². The smallest absolute Gasteiger partial charge is 0.222 e. The van der Waals surface area contributed by atoms with E-state index in [1.165, 1.54) is 0 Å². The van der Waals surface area contributed by atoms with Crippen molar-refractivity contribution in [1.82, 2.24) is 20.5 Å². The van der Waals surface area contributed by atoms with Crippen molar-refractivity contribution in [1.29, 1.82) is 0 Å². The molecule has 1 aromatic heterocycles. The summed E-state index contributed by atoms with van der Waals surface area (Å²) < 4.78 is 0. The predicted octanol–water partition coefficient (Wildman–Crippen LogP) is 3.24. The summed E-state index contributed by atoms with van der Waals surface area (Å²) in [6, 6.07) is 3.79. The van der Waals surface area contributed by atoms with Gasteiger partial charge in [0.2, 0.25) is 5.91 Å². The van der Waals surface area contributed by atoms with E-state index in [-0.39, 0.29) is 24.0 Å². The lowest BCUT2D eigenvalue weighted by atomic mass is 10.2. The first-order valence-corrected chi connectivity index (χ1v) is 9.97. The second-order valence-electron chi connectivity index (χ2n) is 6.47. The van der Waals surface area contributed by atoms with Gasteiger partial charge in [0.25, 0.3) is 0 Å². The summed E-state index contributed by atoms with van der Waals surface area (Å²) in [6.45, 7) is 6.06. The van der Waals surface area contributed by atoms with Crippen LogP contribution < -0.4 is 10.6 Å². The van der Waals surface area contributed by atoms with Gasteiger partial charge in [-0.3, -0.25) is 9.79 Å². The third kappa shape index (κ3) is 9.60. The number of rotatable bonds is 8. The Hall–Kier alpha value is -1.09. The lowest BCUT2D eigenvalue weighted by Gasteiger charge is -2.20. The highest BCUT2D eigenvalue weighted by atomic mass is 127. The maximum Gasteiger partial charge on any atom is 0.222 e. The minimum atomic E-state index is 0. The van der Waals surface area contributed by atoms with E-state index in [9.17, 15) is 4.79 Å². The van der Waals surface area contributed by atoms with E-state index in [1.807, 2.05) is 11.0 Å². The number of aliphatic imine (C=N–C) groups is 1. The van der Waals surface area contributed by atoms with Crippen molar-refractivity contribution >= 4 is 47.4 Å². The van der Waals surface area contributed by atoms with E-state index in [0.29, 0.717) is 24.0 Å². The Labute approximate surface area is 184 Å². The fourth-order valence-corrected chi connectivity index (χ4v) is 3.06. The molecule has 152 valence electrons. The van der Waals surface area contributed by atoms with Crippen LogP contribution in [0.5, 0.6) is 0 Å². The van der Waals surface area contributed by atoms with E-state index in [4.69, 9.17) is 11.6 Å². The van der Waals surface area contributed by atoms with Gasteiger partial charge in [0.15, 0.2) is 5.96 Å². The van der Waals surface area contributed by atoms with E-state index < -0.39 is 0 Å². The van der Waals surface area contributed by atoms with Crippen LogP contribution in [-0.2, 0) is 11.2 Å². The fourth-order valence-electron chi connectivity index (χ4n) is 2.95. The number of carbonyl (C=O) groups excluding carboxylic acids is 1. The molecule has 1 aliphatic rings. The number of pyridine rings is 1. The number of guanidine groups is 1. The quantitative estimate of drug-likeness (QED) is 0.186. The SMILES string of the molecule is CCNC(=NCCCN1CCCCCC1=O)NCCc1ccc(Cl)nc1.I. The average Bonchev–Trinajstić information content (AvgIpc) is 2.84. The molecule has 0 atom stereocenters. The standard InChI is InChI=1S/C19H30ClN5O.HI/c1-2-21-19(23-12-10-16-8-9-17(20)24-15-16)22-11-6-14-25-13-5-3-4-7-18(25)26;/h8-9,15H,2-7,10-14H2,1H3,(H2,21,22,23);1H. The molecule has 0 spiro atoms. The van der Waals surface area contributed by atoms with Crippen LogP contribution in [0, 0.1) is 0 Å². The molecule has 2 rings (SSSR count). The minimum absolute atomic E-state index is 0. The van der Waals surface area contributed by atoms with Gasteiger partial charge < -0.3 is 15.5 Å². The number of aromatic nitrogens is 1. The van der Waals surface area contributed by atoms with Gasteiger partial charge in [-0.2, -0.15) is 0 Å². The van der Waals surface area contributed by atoms with Crippen LogP contribution in [0.2, 0.25) is 5.15 Å². The molecule has 0 aliphatic carbocycles. The zero-order valence-corrected chi connectivity index (χ0v) is 19.1. The molecule has 8 heteroatoms.